The average Bonchev–Trinajstić information content (AvgIpc) is 2.51. The van der Waals surface area contributed by atoms with E-state index in [1.807, 2.05) is 0 Å². The van der Waals surface area contributed by atoms with Gasteiger partial charge in [-0.2, -0.15) is 5.10 Å². The van der Waals surface area contributed by atoms with Crippen LogP contribution in [-0.4, -0.2) is 24.3 Å². The standard InChI is InChI=1S/C15H12Br2N2O3/c1-22-13-5-3-2-4-11(13)15(21)19-18-8-9-6-10(16)7-12(17)14(9)20/h2-8,20H,1H3,(H,19,21)/b18-8+. The predicted octanol–water partition coefficient (Wildman–Crippen LogP) is 3.69. The van der Waals surface area contributed by atoms with Crippen molar-refractivity contribution in [1.29, 1.82) is 0 Å². The molecule has 0 radical (unpaired) electrons. The zero-order valence-electron chi connectivity index (χ0n) is 11.5. The largest absolute Gasteiger partial charge is 0.506 e. The monoisotopic (exact) mass is 426 g/mol. The highest BCUT2D eigenvalue weighted by Gasteiger charge is 2.10. The molecule has 0 fully saturated rings. The van der Waals surface area contributed by atoms with Gasteiger partial charge in [-0.1, -0.05) is 28.1 Å². The van der Waals surface area contributed by atoms with Crippen molar-refractivity contribution < 1.29 is 14.6 Å². The van der Waals surface area contributed by atoms with Gasteiger partial charge in [0.2, 0.25) is 0 Å². The SMILES string of the molecule is COc1ccccc1C(=O)N/N=C/c1cc(Br)cc(Br)c1O. The number of para-hydroxylation sites is 1. The van der Waals surface area contributed by atoms with Gasteiger partial charge in [-0.3, -0.25) is 4.79 Å². The van der Waals surface area contributed by atoms with Crippen molar-refractivity contribution in [3.8, 4) is 11.5 Å². The third-order valence-electron chi connectivity index (χ3n) is 2.78. The molecule has 0 aliphatic rings. The number of aromatic hydroxyl groups is 1. The number of nitrogens with zero attached hydrogens (tertiary/aromatic N) is 1. The van der Waals surface area contributed by atoms with Crippen molar-refractivity contribution in [2.75, 3.05) is 7.11 Å². The fraction of sp³-hybridized carbons (Fsp3) is 0.0667. The second-order valence-corrected chi connectivity index (χ2v) is 5.99. The quantitative estimate of drug-likeness (QED) is 0.577. The number of ether oxygens (including phenoxy) is 1. The summed E-state index contributed by atoms with van der Waals surface area (Å²) in [4.78, 5) is 12.0. The van der Waals surface area contributed by atoms with Crippen molar-refractivity contribution in [2.24, 2.45) is 5.10 Å². The topological polar surface area (TPSA) is 70.9 Å². The molecule has 0 bridgehead atoms. The van der Waals surface area contributed by atoms with Gasteiger partial charge in [0.05, 0.1) is 23.4 Å². The molecule has 2 rings (SSSR count). The summed E-state index contributed by atoms with van der Waals surface area (Å²) in [5.74, 6) is 0.101. The highest BCUT2D eigenvalue weighted by atomic mass is 79.9. The number of carbonyl (C=O) groups excluding carboxylic acids is 1. The fourth-order valence-corrected chi connectivity index (χ4v) is 3.00. The summed E-state index contributed by atoms with van der Waals surface area (Å²) in [5, 5.41) is 13.7. The Kier molecular flexibility index (Phi) is 5.57. The summed E-state index contributed by atoms with van der Waals surface area (Å²) >= 11 is 6.54. The number of phenols is 1. The van der Waals surface area contributed by atoms with E-state index >= 15 is 0 Å². The van der Waals surface area contributed by atoms with Gasteiger partial charge in [-0.05, 0) is 40.2 Å². The minimum atomic E-state index is -0.401. The Morgan fingerprint density at radius 1 is 1.32 bits per heavy atom. The van der Waals surface area contributed by atoms with E-state index in [-0.39, 0.29) is 5.75 Å². The van der Waals surface area contributed by atoms with Crippen LogP contribution in [0.15, 0.2) is 50.4 Å². The van der Waals surface area contributed by atoms with E-state index in [1.54, 1.807) is 36.4 Å². The summed E-state index contributed by atoms with van der Waals surface area (Å²) in [7, 11) is 1.49. The minimum Gasteiger partial charge on any atom is -0.506 e. The van der Waals surface area contributed by atoms with Crippen LogP contribution in [-0.2, 0) is 0 Å². The number of methoxy groups -OCH3 is 1. The van der Waals surface area contributed by atoms with E-state index in [9.17, 15) is 9.90 Å². The van der Waals surface area contributed by atoms with Crippen molar-refractivity contribution >= 4 is 44.0 Å². The van der Waals surface area contributed by atoms with E-state index in [2.05, 4.69) is 42.4 Å². The molecule has 2 aromatic carbocycles. The van der Waals surface area contributed by atoms with Crippen LogP contribution in [0.2, 0.25) is 0 Å². The van der Waals surface area contributed by atoms with Crippen LogP contribution in [0.25, 0.3) is 0 Å². The third-order valence-corrected chi connectivity index (χ3v) is 3.84. The maximum absolute atomic E-state index is 12.0. The van der Waals surface area contributed by atoms with Gasteiger partial charge in [0, 0.05) is 10.0 Å². The lowest BCUT2D eigenvalue weighted by molar-refractivity contribution is 0.0952. The number of amides is 1. The Labute approximate surface area is 144 Å². The molecule has 0 spiro atoms. The lowest BCUT2D eigenvalue weighted by Crippen LogP contribution is -2.18. The smallest absolute Gasteiger partial charge is 0.275 e. The fourth-order valence-electron chi connectivity index (χ4n) is 1.74. The highest BCUT2D eigenvalue weighted by molar-refractivity contribution is 9.11. The number of hydrogen-bond donors (Lipinski definition) is 2. The Hall–Kier alpha value is -1.86. The predicted molar refractivity (Wildman–Crippen MR) is 91.6 cm³/mol. The van der Waals surface area contributed by atoms with Gasteiger partial charge >= 0.3 is 0 Å². The Bertz CT molecular complexity index is 733. The van der Waals surface area contributed by atoms with E-state index < -0.39 is 5.91 Å². The molecule has 114 valence electrons. The van der Waals surface area contributed by atoms with Crippen molar-refractivity contribution in [3.63, 3.8) is 0 Å². The number of halogens is 2. The van der Waals surface area contributed by atoms with Crippen LogP contribution in [0.1, 0.15) is 15.9 Å². The first-order chi connectivity index (χ1) is 10.5. The summed E-state index contributed by atoms with van der Waals surface area (Å²) < 4.78 is 6.42. The summed E-state index contributed by atoms with van der Waals surface area (Å²) in [5.41, 5.74) is 3.23. The summed E-state index contributed by atoms with van der Waals surface area (Å²) in [6.07, 6.45) is 1.36. The highest BCUT2D eigenvalue weighted by Crippen LogP contribution is 2.30. The molecule has 0 aliphatic carbocycles. The van der Waals surface area contributed by atoms with Crippen LogP contribution in [0.3, 0.4) is 0 Å². The van der Waals surface area contributed by atoms with E-state index in [1.165, 1.54) is 13.3 Å². The molecule has 2 aromatic rings. The van der Waals surface area contributed by atoms with Gasteiger partial charge in [0.25, 0.3) is 5.91 Å². The van der Waals surface area contributed by atoms with Crippen LogP contribution in [0, 0.1) is 0 Å². The van der Waals surface area contributed by atoms with Crippen molar-refractivity contribution in [2.45, 2.75) is 0 Å². The molecule has 0 saturated carbocycles. The van der Waals surface area contributed by atoms with E-state index in [0.717, 1.165) is 4.47 Å². The maximum atomic E-state index is 12.0. The molecule has 5 nitrogen and oxygen atoms in total. The summed E-state index contributed by atoms with van der Waals surface area (Å²) in [6.45, 7) is 0. The number of hydrogen-bond acceptors (Lipinski definition) is 4. The number of benzene rings is 2. The molecule has 1 amide bonds. The lowest BCUT2D eigenvalue weighted by Gasteiger charge is -2.06. The van der Waals surface area contributed by atoms with Gasteiger partial charge in [0.15, 0.2) is 0 Å². The number of hydrazone groups is 1. The first kappa shape index (κ1) is 16.5. The number of rotatable bonds is 4. The Morgan fingerprint density at radius 3 is 2.77 bits per heavy atom. The molecule has 0 heterocycles. The van der Waals surface area contributed by atoms with E-state index in [4.69, 9.17) is 4.74 Å². The van der Waals surface area contributed by atoms with Crippen LogP contribution in [0.4, 0.5) is 0 Å². The lowest BCUT2D eigenvalue weighted by atomic mass is 10.2. The molecule has 7 heteroatoms. The first-order valence-corrected chi connectivity index (χ1v) is 7.76. The molecular weight excluding hydrogens is 416 g/mol. The normalized spacial score (nSPS) is 10.7. The van der Waals surface area contributed by atoms with Crippen molar-refractivity contribution in [3.05, 3.63) is 56.5 Å². The van der Waals surface area contributed by atoms with Gasteiger partial charge in [0.1, 0.15) is 11.5 Å². The number of phenolic OH excluding ortho intramolecular Hbond substituents is 1. The molecule has 0 atom stereocenters. The first-order valence-electron chi connectivity index (χ1n) is 6.17. The molecular formula is C15H12Br2N2O3. The van der Waals surface area contributed by atoms with E-state index in [0.29, 0.717) is 21.3 Å². The molecule has 0 aliphatic heterocycles. The molecule has 22 heavy (non-hydrogen) atoms. The van der Waals surface area contributed by atoms with Crippen LogP contribution < -0.4 is 10.2 Å². The van der Waals surface area contributed by atoms with Gasteiger partial charge in [-0.25, -0.2) is 5.43 Å². The summed E-state index contributed by atoms with van der Waals surface area (Å²) in [6, 6.07) is 10.2. The Balaban J connectivity index is 2.14. The Morgan fingerprint density at radius 2 is 2.05 bits per heavy atom. The number of nitrogens with one attached hydrogen (secondary N) is 1. The molecule has 0 saturated heterocycles. The second kappa shape index (κ2) is 7.42. The zero-order valence-corrected chi connectivity index (χ0v) is 14.7. The molecule has 0 aromatic heterocycles. The average molecular weight is 428 g/mol. The second-order valence-electron chi connectivity index (χ2n) is 4.22. The van der Waals surface area contributed by atoms with Crippen LogP contribution >= 0.6 is 31.9 Å². The maximum Gasteiger partial charge on any atom is 0.275 e. The van der Waals surface area contributed by atoms with Gasteiger partial charge in [-0.15, -0.1) is 0 Å². The molecule has 2 N–H and O–H groups in total. The van der Waals surface area contributed by atoms with Crippen LogP contribution in [0.5, 0.6) is 11.5 Å². The zero-order chi connectivity index (χ0) is 16.1. The van der Waals surface area contributed by atoms with Gasteiger partial charge < -0.3 is 9.84 Å². The molecule has 0 unspecified atom stereocenters. The third kappa shape index (κ3) is 3.86. The minimum absolute atomic E-state index is 0.0403. The van der Waals surface area contributed by atoms with Crippen molar-refractivity contribution in [1.82, 2.24) is 5.43 Å². The number of carbonyl (C=O) groups is 1.